The summed E-state index contributed by atoms with van der Waals surface area (Å²) in [5, 5.41) is 15.8. The topological polar surface area (TPSA) is 70.9 Å². The van der Waals surface area contributed by atoms with Crippen molar-refractivity contribution in [2.24, 2.45) is 5.16 Å². The minimum atomic E-state index is -0.842. The molecule has 0 aliphatic carbocycles. The molecule has 0 saturated carbocycles. The largest absolute Gasteiger partial charge is 0.480 e. The van der Waals surface area contributed by atoms with E-state index in [0.717, 1.165) is 17.7 Å². The van der Waals surface area contributed by atoms with Crippen molar-refractivity contribution >= 4 is 11.7 Å². The van der Waals surface area contributed by atoms with Crippen molar-refractivity contribution in [3.05, 3.63) is 35.9 Å². The number of carboxylic acids is 1. The molecule has 1 saturated heterocycles. The highest BCUT2D eigenvalue weighted by atomic mass is 16.6. The summed E-state index contributed by atoms with van der Waals surface area (Å²) in [7, 11) is 0. The van der Waals surface area contributed by atoms with Gasteiger partial charge in [0.05, 0.1) is 5.71 Å². The van der Waals surface area contributed by atoms with Gasteiger partial charge >= 0.3 is 5.97 Å². The van der Waals surface area contributed by atoms with E-state index in [2.05, 4.69) is 10.5 Å². The first-order chi connectivity index (χ1) is 8.75. The number of piperidine rings is 1. The highest BCUT2D eigenvalue weighted by Gasteiger charge is 2.23. The molecule has 0 unspecified atom stereocenters. The van der Waals surface area contributed by atoms with E-state index >= 15 is 0 Å². The summed E-state index contributed by atoms with van der Waals surface area (Å²) in [6.07, 6.45) is 1.14. The molecule has 0 bridgehead atoms. The summed E-state index contributed by atoms with van der Waals surface area (Å²) in [6, 6.07) is 9.20. The van der Waals surface area contributed by atoms with E-state index < -0.39 is 12.0 Å². The molecule has 0 radical (unpaired) electrons. The Morgan fingerprint density at radius 1 is 1.44 bits per heavy atom. The maximum Gasteiger partial charge on any atom is 0.321 e. The molecule has 0 spiro atoms. The third-order valence-electron chi connectivity index (χ3n) is 2.81. The molecule has 0 aromatic heterocycles. The first-order valence-electron chi connectivity index (χ1n) is 5.93. The maximum atomic E-state index is 10.8. The first kappa shape index (κ1) is 12.6. The van der Waals surface area contributed by atoms with Crippen LogP contribution in [0.2, 0.25) is 0 Å². The van der Waals surface area contributed by atoms with Gasteiger partial charge in [-0.1, -0.05) is 35.5 Å². The average molecular weight is 248 g/mol. The van der Waals surface area contributed by atoms with E-state index in [0.29, 0.717) is 19.6 Å². The Balaban J connectivity index is 1.84. The zero-order chi connectivity index (χ0) is 12.8. The molecule has 1 heterocycles. The van der Waals surface area contributed by atoms with Crippen molar-refractivity contribution < 1.29 is 14.7 Å². The number of oxime groups is 1. The van der Waals surface area contributed by atoms with Crippen LogP contribution in [0.15, 0.2) is 35.5 Å². The maximum absolute atomic E-state index is 10.8. The number of hydrogen-bond acceptors (Lipinski definition) is 4. The van der Waals surface area contributed by atoms with Crippen LogP contribution >= 0.6 is 0 Å². The molecule has 5 nitrogen and oxygen atoms in total. The molecule has 5 heteroatoms. The molecule has 1 fully saturated rings. The predicted octanol–water partition coefficient (Wildman–Crippen LogP) is 1.40. The van der Waals surface area contributed by atoms with Crippen LogP contribution in [0.4, 0.5) is 0 Å². The fourth-order valence-corrected chi connectivity index (χ4v) is 1.83. The Kier molecular flexibility index (Phi) is 4.30. The van der Waals surface area contributed by atoms with Gasteiger partial charge in [-0.15, -0.1) is 0 Å². The number of nitrogens with zero attached hydrogens (tertiary/aromatic N) is 1. The number of nitrogens with one attached hydrogen (secondary N) is 1. The van der Waals surface area contributed by atoms with Crippen LogP contribution in [0.1, 0.15) is 18.4 Å². The van der Waals surface area contributed by atoms with Gasteiger partial charge in [0, 0.05) is 19.4 Å². The Morgan fingerprint density at radius 3 is 2.94 bits per heavy atom. The zero-order valence-corrected chi connectivity index (χ0v) is 10.0. The smallest absolute Gasteiger partial charge is 0.321 e. The summed E-state index contributed by atoms with van der Waals surface area (Å²) in [5.74, 6) is -0.842. The Morgan fingerprint density at radius 2 is 2.22 bits per heavy atom. The number of benzene rings is 1. The molecular formula is C13H16N2O3. The zero-order valence-electron chi connectivity index (χ0n) is 10.0. The van der Waals surface area contributed by atoms with Crippen molar-refractivity contribution in [3.63, 3.8) is 0 Å². The van der Waals surface area contributed by atoms with Crippen LogP contribution in [-0.4, -0.2) is 29.4 Å². The molecule has 96 valence electrons. The van der Waals surface area contributed by atoms with Gasteiger partial charge in [-0.3, -0.25) is 4.79 Å². The van der Waals surface area contributed by atoms with Gasteiger partial charge in [0.15, 0.2) is 0 Å². The molecule has 2 N–H and O–H groups in total. The molecule has 1 aliphatic rings. The summed E-state index contributed by atoms with van der Waals surface area (Å²) in [4.78, 5) is 16.1. The van der Waals surface area contributed by atoms with Crippen molar-refractivity contribution in [3.8, 4) is 0 Å². The minimum Gasteiger partial charge on any atom is -0.480 e. The second-order valence-corrected chi connectivity index (χ2v) is 4.22. The highest BCUT2D eigenvalue weighted by molar-refractivity contribution is 5.90. The van der Waals surface area contributed by atoms with E-state index in [-0.39, 0.29) is 0 Å². The first-order valence-corrected chi connectivity index (χ1v) is 5.93. The van der Waals surface area contributed by atoms with Gasteiger partial charge < -0.3 is 15.3 Å². The minimum absolute atomic E-state index is 0.407. The standard InChI is InChI=1S/C13H16N2O3/c16-13(17)12-8-11(6-7-14-12)15-18-9-10-4-2-1-3-5-10/h1-5,12,14H,6-9H2,(H,16,17)/b15-11-/t12-/m0/s1. The Labute approximate surface area is 105 Å². The van der Waals surface area contributed by atoms with E-state index in [1.54, 1.807) is 0 Å². The highest BCUT2D eigenvalue weighted by Crippen LogP contribution is 2.07. The number of carboxylic acid groups (broad SMARTS) is 1. The Bertz CT molecular complexity index is 431. The number of carbonyl (C=O) groups is 1. The number of rotatable bonds is 4. The molecule has 18 heavy (non-hydrogen) atoms. The lowest BCUT2D eigenvalue weighted by atomic mass is 10.0. The van der Waals surface area contributed by atoms with Crippen LogP contribution in [0.3, 0.4) is 0 Å². The van der Waals surface area contributed by atoms with Gasteiger partial charge in [0.25, 0.3) is 0 Å². The third kappa shape index (κ3) is 3.56. The van der Waals surface area contributed by atoms with Crippen LogP contribution < -0.4 is 5.32 Å². The van der Waals surface area contributed by atoms with Gasteiger partial charge in [-0.05, 0) is 5.56 Å². The SMILES string of the molecule is O=C(O)[C@@H]1C/C(=N\OCc2ccccc2)CCN1. The number of hydrogen-bond donors (Lipinski definition) is 2. The summed E-state index contributed by atoms with van der Waals surface area (Å²) in [6.45, 7) is 1.04. The van der Waals surface area contributed by atoms with Gasteiger partial charge in [0.2, 0.25) is 0 Å². The predicted molar refractivity (Wildman–Crippen MR) is 67.3 cm³/mol. The van der Waals surface area contributed by atoms with Crippen LogP contribution in [0.5, 0.6) is 0 Å². The lowest BCUT2D eigenvalue weighted by Crippen LogP contribution is -2.43. The van der Waals surface area contributed by atoms with Crippen molar-refractivity contribution in [2.45, 2.75) is 25.5 Å². The van der Waals surface area contributed by atoms with Gasteiger partial charge in [-0.2, -0.15) is 0 Å². The van der Waals surface area contributed by atoms with Crippen molar-refractivity contribution in [1.82, 2.24) is 5.32 Å². The fourth-order valence-electron chi connectivity index (χ4n) is 1.83. The quantitative estimate of drug-likeness (QED) is 0.790. The van der Waals surface area contributed by atoms with E-state index in [1.165, 1.54) is 0 Å². The molecule has 1 aromatic rings. The lowest BCUT2D eigenvalue weighted by Gasteiger charge is -2.20. The van der Waals surface area contributed by atoms with E-state index in [4.69, 9.17) is 9.94 Å². The second kappa shape index (κ2) is 6.16. The normalized spacial score (nSPS) is 21.8. The van der Waals surface area contributed by atoms with Crippen LogP contribution in [0, 0.1) is 0 Å². The Hall–Kier alpha value is -1.88. The van der Waals surface area contributed by atoms with Crippen LogP contribution in [0.25, 0.3) is 0 Å². The lowest BCUT2D eigenvalue weighted by molar-refractivity contribution is -0.139. The van der Waals surface area contributed by atoms with Crippen molar-refractivity contribution in [1.29, 1.82) is 0 Å². The molecule has 0 amide bonds. The summed E-state index contributed by atoms with van der Waals surface area (Å²) >= 11 is 0. The molecule has 1 aliphatic heterocycles. The summed E-state index contributed by atoms with van der Waals surface area (Å²) < 4.78 is 0. The average Bonchev–Trinajstić information content (AvgIpc) is 2.40. The van der Waals surface area contributed by atoms with Crippen molar-refractivity contribution in [2.75, 3.05) is 6.54 Å². The number of aliphatic carboxylic acids is 1. The van der Waals surface area contributed by atoms with Gasteiger partial charge in [0.1, 0.15) is 12.6 Å². The molecule has 1 atom stereocenters. The van der Waals surface area contributed by atoms with E-state index in [1.807, 2.05) is 30.3 Å². The van der Waals surface area contributed by atoms with E-state index in [9.17, 15) is 4.79 Å². The summed E-state index contributed by atoms with van der Waals surface area (Å²) in [5.41, 5.74) is 1.85. The van der Waals surface area contributed by atoms with Gasteiger partial charge in [-0.25, -0.2) is 0 Å². The van der Waals surface area contributed by atoms with Crippen LogP contribution in [-0.2, 0) is 16.2 Å². The molecule has 2 rings (SSSR count). The molecule has 1 aromatic carbocycles. The monoisotopic (exact) mass is 248 g/mol. The fraction of sp³-hybridized carbons (Fsp3) is 0.385. The second-order valence-electron chi connectivity index (χ2n) is 4.22. The third-order valence-corrected chi connectivity index (χ3v) is 2.81. The molecular weight excluding hydrogens is 232 g/mol.